The molecule has 4 heterocycles. The third kappa shape index (κ3) is 6.15. The van der Waals surface area contributed by atoms with Gasteiger partial charge in [-0.3, -0.25) is 0 Å². The van der Waals surface area contributed by atoms with Gasteiger partial charge in [0.2, 0.25) is 0 Å². The van der Waals surface area contributed by atoms with E-state index in [9.17, 15) is 0 Å². The van der Waals surface area contributed by atoms with Gasteiger partial charge in [-0.25, -0.2) is 15.0 Å². The number of aromatic nitrogens is 5. The van der Waals surface area contributed by atoms with E-state index >= 15 is 0 Å². The fourth-order valence-corrected chi connectivity index (χ4v) is 12.4. The third-order valence-electron chi connectivity index (χ3n) is 14.3. The zero-order chi connectivity index (χ0) is 46.6. The molecule has 11 aromatic carbocycles. The summed E-state index contributed by atoms with van der Waals surface area (Å²) in [5.74, 6) is 1.84. The molecule has 6 heteroatoms. The Balaban J connectivity index is 1.05. The Morgan fingerprint density at radius 3 is 1.72 bits per heavy atom. The van der Waals surface area contributed by atoms with Gasteiger partial charge in [0.15, 0.2) is 17.5 Å². The molecule has 0 aliphatic carbocycles. The summed E-state index contributed by atoms with van der Waals surface area (Å²) in [6.45, 7) is 0. The van der Waals surface area contributed by atoms with Gasteiger partial charge >= 0.3 is 0 Å². The van der Waals surface area contributed by atoms with Crippen LogP contribution in [0.25, 0.3) is 142 Å². The lowest BCUT2D eigenvalue weighted by Gasteiger charge is -2.19. The van der Waals surface area contributed by atoms with Crippen molar-refractivity contribution in [3.8, 4) is 56.7 Å². The molecule has 0 saturated heterocycles. The van der Waals surface area contributed by atoms with Crippen LogP contribution < -0.4 is 0 Å². The third-order valence-corrected chi connectivity index (χ3v) is 15.4. The molecule has 330 valence electrons. The first-order valence-corrected chi connectivity index (χ1v) is 24.8. The largest absolute Gasteiger partial charge is 0.309 e. The Labute approximate surface area is 411 Å². The Bertz CT molecular complexity index is 4640. The van der Waals surface area contributed by atoms with Crippen LogP contribution in [-0.4, -0.2) is 24.1 Å². The number of para-hydroxylation sites is 3. The maximum atomic E-state index is 5.53. The van der Waals surface area contributed by atoms with E-state index in [1.54, 1.807) is 0 Å². The first kappa shape index (κ1) is 39.7. The molecule has 0 bridgehead atoms. The molecule has 0 radical (unpaired) electrons. The van der Waals surface area contributed by atoms with Crippen molar-refractivity contribution in [3.63, 3.8) is 0 Å². The Kier molecular flexibility index (Phi) is 8.76. The molecular formula is C65H39N5S. The van der Waals surface area contributed by atoms with Crippen molar-refractivity contribution in [2.75, 3.05) is 0 Å². The van der Waals surface area contributed by atoms with Gasteiger partial charge in [-0.05, 0) is 94.3 Å². The monoisotopic (exact) mass is 921 g/mol. The lowest BCUT2D eigenvalue weighted by Crippen LogP contribution is -2.02. The van der Waals surface area contributed by atoms with Crippen LogP contribution in [0.4, 0.5) is 0 Å². The molecule has 0 spiro atoms. The maximum absolute atomic E-state index is 5.53. The summed E-state index contributed by atoms with van der Waals surface area (Å²) < 4.78 is 7.34. The molecule has 0 fully saturated rings. The van der Waals surface area contributed by atoms with Gasteiger partial charge in [0, 0.05) is 75.2 Å². The fraction of sp³-hybridized carbons (Fsp3) is 0. The second-order valence-corrected chi connectivity index (χ2v) is 19.4. The van der Waals surface area contributed by atoms with Crippen LogP contribution >= 0.6 is 11.3 Å². The van der Waals surface area contributed by atoms with Crippen molar-refractivity contribution in [1.82, 2.24) is 24.1 Å². The highest BCUT2D eigenvalue weighted by molar-refractivity contribution is 7.26. The summed E-state index contributed by atoms with van der Waals surface area (Å²) in [4.78, 5) is 16.3. The molecule has 15 aromatic rings. The molecule has 0 saturated carbocycles. The first-order chi connectivity index (χ1) is 35.2. The van der Waals surface area contributed by atoms with Crippen molar-refractivity contribution in [2.45, 2.75) is 0 Å². The SMILES string of the molecule is c1ccc(-c2nc(-c3ccc(-n4c5ccccc5c5cc6ccccc6cc54)c(-c4c5ccccc5cc5sc6ccccc6c45)c3)nc(-c3cccc4c3c3ccccc3n4-c3ccccc3)n2)cc1. The summed E-state index contributed by atoms with van der Waals surface area (Å²) in [7, 11) is 0. The number of hydrogen-bond donors (Lipinski definition) is 0. The second-order valence-electron chi connectivity index (χ2n) is 18.3. The molecule has 0 aliphatic rings. The van der Waals surface area contributed by atoms with Gasteiger partial charge in [0.05, 0.1) is 27.8 Å². The highest BCUT2D eigenvalue weighted by Crippen LogP contribution is 2.48. The normalized spacial score (nSPS) is 11.9. The van der Waals surface area contributed by atoms with E-state index in [4.69, 9.17) is 15.0 Å². The lowest BCUT2D eigenvalue weighted by atomic mass is 9.91. The van der Waals surface area contributed by atoms with Crippen LogP contribution in [0.5, 0.6) is 0 Å². The quantitative estimate of drug-likeness (QED) is 0.167. The minimum absolute atomic E-state index is 0.602. The van der Waals surface area contributed by atoms with Gasteiger partial charge in [0.1, 0.15) is 0 Å². The van der Waals surface area contributed by atoms with E-state index < -0.39 is 0 Å². The standard InChI is InChI=1S/C65H39N5S/c1-3-18-40(19-4-1)63-66-64(68-65(67-63)50-29-17-32-56-60(50)48-27-12-15-31-54(48)69(56)45-23-5-2-6-24-45)44-34-35-55(70-53-30-14-11-26-47(53)51-36-41-20-7-8-21-42(41)38-57(51)70)52(37-44)61-46-25-10-9-22-43(46)39-59-62(61)49-28-13-16-33-58(49)71-59/h1-39H. The van der Waals surface area contributed by atoms with Gasteiger partial charge < -0.3 is 9.13 Å². The van der Waals surface area contributed by atoms with Crippen molar-refractivity contribution < 1.29 is 0 Å². The van der Waals surface area contributed by atoms with Gasteiger partial charge in [-0.15, -0.1) is 11.3 Å². The fourth-order valence-electron chi connectivity index (χ4n) is 11.2. The van der Waals surface area contributed by atoms with Crippen LogP contribution in [0.1, 0.15) is 0 Å². The zero-order valence-electron chi connectivity index (χ0n) is 38.2. The lowest BCUT2D eigenvalue weighted by molar-refractivity contribution is 1.07. The smallest absolute Gasteiger partial charge is 0.164 e. The van der Waals surface area contributed by atoms with Gasteiger partial charge in [-0.2, -0.15) is 0 Å². The molecule has 4 aromatic heterocycles. The number of nitrogens with zero attached hydrogens (tertiary/aromatic N) is 5. The van der Waals surface area contributed by atoms with E-state index in [0.717, 1.165) is 66.5 Å². The molecule has 5 nitrogen and oxygen atoms in total. The first-order valence-electron chi connectivity index (χ1n) is 24.0. The molecule has 0 N–H and O–H groups in total. The number of hydrogen-bond acceptors (Lipinski definition) is 4. The summed E-state index contributed by atoms with van der Waals surface area (Å²) >= 11 is 1.86. The van der Waals surface area contributed by atoms with Gasteiger partial charge in [-0.1, -0.05) is 164 Å². The predicted molar refractivity (Wildman–Crippen MR) is 298 cm³/mol. The number of fused-ring (bicyclic) bond motifs is 11. The highest BCUT2D eigenvalue weighted by atomic mass is 32.1. The summed E-state index contributed by atoms with van der Waals surface area (Å²) in [6, 6.07) is 85.2. The molecule has 0 amide bonds. The number of thiophene rings is 1. The van der Waals surface area contributed by atoms with Crippen molar-refractivity contribution in [1.29, 1.82) is 0 Å². The summed E-state index contributed by atoms with van der Waals surface area (Å²) in [5.41, 5.74) is 11.8. The van der Waals surface area contributed by atoms with Crippen LogP contribution in [0.15, 0.2) is 237 Å². The highest BCUT2D eigenvalue weighted by Gasteiger charge is 2.24. The van der Waals surface area contributed by atoms with E-state index in [1.807, 2.05) is 29.5 Å². The Hall–Kier alpha value is -9.23. The van der Waals surface area contributed by atoms with Crippen LogP contribution in [0.3, 0.4) is 0 Å². The predicted octanol–water partition coefficient (Wildman–Crippen LogP) is 17.4. The number of rotatable bonds is 6. The summed E-state index contributed by atoms with van der Waals surface area (Å²) in [5, 5.41) is 12.0. The molecule has 15 rings (SSSR count). The molecule has 0 atom stereocenters. The van der Waals surface area contributed by atoms with E-state index in [0.29, 0.717) is 17.5 Å². The van der Waals surface area contributed by atoms with E-state index in [-0.39, 0.29) is 0 Å². The minimum Gasteiger partial charge on any atom is -0.309 e. The van der Waals surface area contributed by atoms with Crippen molar-refractivity contribution >= 4 is 96.7 Å². The van der Waals surface area contributed by atoms with Crippen LogP contribution in [0.2, 0.25) is 0 Å². The number of benzene rings is 11. The van der Waals surface area contributed by atoms with Crippen LogP contribution in [-0.2, 0) is 0 Å². The topological polar surface area (TPSA) is 48.5 Å². The van der Waals surface area contributed by atoms with E-state index in [2.05, 4.69) is 228 Å². The average molecular weight is 922 g/mol. The van der Waals surface area contributed by atoms with Crippen molar-refractivity contribution in [2.24, 2.45) is 0 Å². The average Bonchev–Trinajstić information content (AvgIpc) is 4.09. The molecule has 0 unspecified atom stereocenters. The Morgan fingerprint density at radius 1 is 0.310 bits per heavy atom. The second kappa shape index (κ2) is 15.7. The molecule has 0 aliphatic heterocycles. The summed E-state index contributed by atoms with van der Waals surface area (Å²) in [6.07, 6.45) is 0. The van der Waals surface area contributed by atoms with Crippen molar-refractivity contribution in [3.05, 3.63) is 237 Å². The Morgan fingerprint density at radius 2 is 0.915 bits per heavy atom. The maximum Gasteiger partial charge on any atom is 0.164 e. The van der Waals surface area contributed by atoms with E-state index in [1.165, 1.54) is 58.1 Å². The molecule has 71 heavy (non-hydrogen) atoms. The zero-order valence-corrected chi connectivity index (χ0v) is 39.0. The minimum atomic E-state index is 0.602. The van der Waals surface area contributed by atoms with Crippen LogP contribution in [0, 0.1) is 0 Å². The molecular weight excluding hydrogens is 883 g/mol. The van der Waals surface area contributed by atoms with Gasteiger partial charge in [0.25, 0.3) is 0 Å².